The second kappa shape index (κ2) is 8.52. The second-order valence-electron chi connectivity index (χ2n) is 6.17. The molecule has 3 rings (SSSR count). The van der Waals surface area contributed by atoms with E-state index in [1.54, 1.807) is 17.3 Å². The summed E-state index contributed by atoms with van der Waals surface area (Å²) in [6.07, 6.45) is 5.79. The van der Waals surface area contributed by atoms with Gasteiger partial charge in [-0.15, -0.1) is 0 Å². The third kappa shape index (κ3) is 4.65. The number of halogens is 2. The average Bonchev–Trinajstić information content (AvgIpc) is 3.02. The third-order valence-corrected chi connectivity index (χ3v) is 5.35. The monoisotopic (exact) mass is 412 g/mol. The van der Waals surface area contributed by atoms with Crippen LogP contribution in [0, 0.1) is 0 Å². The van der Waals surface area contributed by atoms with Crippen LogP contribution in [-0.2, 0) is 23.4 Å². The highest BCUT2D eigenvalue weighted by atomic mass is 35.5. The number of pyridine rings is 1. The first kappa shape index (κ1) is 19.4. The molecule has 0 amide bonds. The number of aromatic nitrogens is 3. The first-order valence-electron chi connectivity index (χ1n) is 8.10. The number of fused-ring (bicyclic) bond motifs is 1. The lowest BCUT2D eigenvalue weighted by Gasteiger charge is -2.12. The van der Waals surface area contributed by atoms with Crippen LogP contribution < -0.4 is 4.74 Å². The minimum absolute atomic E-state index is 0.198. The van der Waals surface area contributed by atoms with Gasteiger partial charge in [-0.05, 0) is 33.4 Å². The van der Waals surface area contributed by atoms with Crippen LogP contribution in [0.4, 0.5) is 0 Å². The van der Waals surface area contributed by atoms with Crippen LogP contribution >= 0.6 is 35.0 Å². The Kier molecular flexibility index (Phi) is 6.34. The summed E-state index contributed by atoms with van der Waals surface area (Å²) >= 11 is 13.7. The number of ether oxygens (including phenoxy) is 1. The van der Waals surface area contributed by atoms with Gasteiger partial charge in [0.1, 0.15) is 0 Å². The normalized spacial score (nSPS) is 13.1. The Balaban J connectivity index is 1.80. The fourth-order valence-electron chi connectivity index (χ4n) is 2.64. The van der Waals surface area contributed by atoms with Crippen molar-refractivity contribution in [2.45, 2.75) is 30.2 Å². The maximum atomic E-state index is 12.0. The predicted octanol–water partition coefficient (Wildman–Crippen LogP) is 3.43. The summed E-state index contributed by atoms with van der Waals surface area (Å²) in [6.45, 7) is 0.198. The number of nitrogens with zero attached hydrogens (tertiary/aromatic N) is 4. The molecule has 0 aliphatic heterocycles. The van der Waals surface area contributed by atoms with E-state index in [4.69, 9.17) is 27.9 Å². The van der Waals surface area contributed by atoms with Crippen molar-refractivity contribution in [2.75, 3.05) is 20.6 Å². The van der Waals surface area contributed by atoms with Crippen LogP contribution in [0.2, 0.25) is 10.0 Å². The molecule has 1 aliphatic rings. The van der Waals surface area contributed by atoms with Gasteiger partial charge in [-0.1, -0.05) is 35.0 Å². The topological polar surface area (TPSA) is 68.2 Å². The highest BCUT2D eigenvalue weighted by Crippen LogP contribution is 2.33. The number of aryl methyl sites for hydroxylation is 1. The Bertz CT molecular complexity index is 812. The molecule has 0 spiro atoms. The lowest BCUT2D eigenvalue weighted by molar-refractivity contribution is -0.135. The van der Waals surface area contributed by atoms with Gasteiger partial charge in [0.2, 0.25) is 5.88 Å². The number of carbonyl (C=O) groups excluding carboxylic acids is 1. The lowest BCUT2D eigenvalue weighted by atomic mass is 10.2. The van der Waals surface area contributed by atoms with Crippen molar-refractivity contribution in [1.82, 2.24) is 19.9 Å². The fraction of sp³-hybridized carbons (Fsp3) is 0.412. The molecule has 0 unspecified atom stereocenters. The molecule has 6 nitrogen and oxygen atoms in total. The van der Waals surface area contributed by atoms with E-state index >= 15 is 0 Å². The van der Waals surface area contributed by atoms with Crippen LogP contribution in [0.1, 0.15) is 23.2 Å². The van der Waals surface area contributed by atoms with Crippen LogP contribution in [0.3, 0.4) is 0 Å². The van der Waals surface area contributed by atoms with Crippen molar-refractivity contribution in [3.63, 3.8) is 0 Å². The number of esters is 1. The number of carbonyl (C=O) groups is 1. The maximum Gasteiger partial charge on any atom is 0.326 e. The van der Waals surface area contributed by atoms with E-state index in [1.807, 2.05) is 14.1 Å². The van der Waals surface area contributed by atoms with Crippen molar-refractivity contribution in [2.24, 2.45) is 0 Å². The van der Waals surface area contributed by atoms with Gasteiger partial charge < -0.3 is 4.74 Å². The van der Waals surface area contributed by atoms with E-state index in [-0.39, 0.29) is 12.5 Å². The molecule has 26 heavy (non-hydrogen) atoms. The molecule has 1 aliphatic carbocycles. The van der Waals surface area contributed by atoms with Crippen molar-refractivity contribution in [1.29, 1.82) is 0 Å². The van der Waals surface area contributed by atoms with E-state index in [1.165, 1.54) is 11.8 Å². The molecule has 0 saturated heterocycles. The summed E-state index contributed by atoms with van der Waals surface area (Å²) in [4.78, 5) is 26.8. The molecule has 0 radical (unpaired) electrons. The standard InChI is InChI=1S/C17H18Cl2N4O2S/c1-23(2)8-15(24)25-16-10-4-3-5-14(10)21-17(22-16)26-9-11-12(18)6-20-7-13(11)19/h6-7H,3-5,8-9H2,1-2H3. The number of likely N-dealkylation sites (N-methyl/N-ethyl adjacent to an activating group) is 1. The molecular weight excluding hydrogens is 395 g/mol. The Morgan fingerprint density at radius 3 is 2.65 bits per heavy atom. The average molecular weight is 413 g/mol. The predicted molar refractivity (Wildman–Crippen MR) is 102 cm³/mol. The van der Waals surface area contributed by atoms with E-state index in [0.717, 1.165) is 36.1 Å². The van der Waals surface area contributed by atoms with Crippen LogP contribution in [0.5, 0.6) is 5.88 Å². The zero-order valence-electron chi connectivity index (χ0n) is 14.5. The summed E-state index contributed by atoms with van der Waals surface area (Å²) in [7, 11) is 3.63. The summed E-state index contributed by atoms with van der Waals surface area (Å²) in [5.74, 6) is 0.539. The van der Waals surface area contributed by atoms with Crippen molar-refractivity contribution >= 4 is 40.9 Å². The molecule has 0 saturated carbocycles. The molecule has 2 aromatic heterocycles. The summed E-state index contributed by atoms with van der Waals surface area (Å²) in [5.41, 5.74) is 2.66. The molecule has 9 heteroatoms. The zero-order chi connectivity index (χ0) is 18.7. The Morgan fingerprint density at radius 1 is 1.23 bits per heavy atom. The Labute approximate surface area is 166 Å². The molecule has 0 aromatic carbocycles. The third-order valence-electron chi connectivity index (χ3n) is 3.83. The van der Waals surface area contributed by atoms with Crippen LogP contribution in [0.15, 0.2) is 17.6 Å². The van der Waals surface area contributed by atoms with Gasteiger partial charge in [0.25, 0.3) is 0 Å². The van der Waals surface area contributed by atoms with Gasteiger partial charge in [-0.2, -0.15) is 4.98 Å². The molecule has 2 heterocycles. The van der Waals surface area contributed by atoms with Gasteiger partial charge in [0, 0.05) is 29.3 Å². The summed E-state index contributed by atoms with van der Waals surface area (Å²) in [6, 6.07) is 0. The van der Waals surface area contributed by atoms with Gasteiger partial charge in [0.15, 0.2) is 5.16 Å². The highest BCUT2D eigenvalue weighted by Gasteiger charge is 2.23. The molecule has 0 N–H and O–H groups in total. The van der Waals surface area contributed by atoms with Gasteiger partial charge in [-0.25, -0.2) is 4.98 Å². The SMILES string of the molecule is CN(C)CC(=O)Oc1nc(SCc2c(Cl)cncc2Cl)nc2c1CCC2. The minimum Gasteiger partial charge on any atom is -0.406 e. The number of hydrogen-bond donors (Lipinski definition) is 0. The number of thioether (sulfide) groups is 1. The molecule has 138 valence electrons. The Hall–Kier alpha value is -1.41. The van der Waals surface area contributed by atoms with E-state index in [2.05, 4.69) is 15.0 Å². The van der Waals surface area contributed by atoms with Crippen molar-refractivity contribution in [3.05, 3.63) is 39.3 Å². The van der Waals surface area contributed by atoms with E-state index in [9.17, 15) is 4.79 Å². The first-order chi connectivity index (χ1) is 12.4. The van der Waals surface area contributed by atoms with Crippen LogP contribution in [0.25, 0.3) is 0 Å². The second-order valence-corrected chi connectivity index (χ2v) is 7.93. The number of rotatable bonds is 6. The van der Waals surface area contributed by atoms with E-state index in [0.29, 0.717) is 26.8 Å². The maximum absolute atomic E-state index is 12.0. The molecule has 0 atom stereocenters. The van der Waals surface area contributed by atoms with Crippen LogP contribution in [-0.4, -0.2) is 46.5 Å². The summed E-state index contributed by atoms with van der Waals surface area (Å²) < 4.78 is 5.50. The smallest absolute Gasteiger partial charge is 0.326 e. The quantitative estimate of drug-likeness (QED) is 0.408. The number of hydrogen-bond acceptors (Lipinski definition) is 7. The zero-order valence-corrected chi connectivity index (χ0v) is 16.8. The van der Waals surface area contributed by atoms with E-state index < -0.39 is 0 Å². The largest absolute Gasteiger partial charge is 0.406 e. The molecular formula is C17H18Cl2N4O2S. The van der Waals surface area contributed by atoms with Gasteiger partial charge in [0.05, 0.1) is 22.3 Å². The summed E-state index contributed by atoms with van der Waals surface area (Å²) in [5, 5.41) is 1.55. The van der Waals surface area contributed by atoms with Gasteiger partial charge in [-0.3, -0.25) is 14.7 Å². The molecule has 0 fully saturated rings. The lowest BCUT2D eigenvalue weighted by Crippen LogP contribution is -2.26. The van der Waals surface area contributed by atoms with Gasteiger partial charge >= 0.3 is 5.97 Å². The Morgan fingerprint density at radius 2 is 1.96 bits per heavy atom. The molecule has 0 bridgehead atoms. The highest BCUT2D eigenvalue weighted by molar-refractivity contribution is 7.98. The fourth-order valence-corrected chi connectivity index (χ4v) is 4.20. The molecule has 2 aromatic rings. The van der Waals surface area contributed by atoms with Crippen molar-refractivity contribution in [3.8, 4) is 5.88 Å². The minimum atomic E-state index is -0.334. The van der Waals surface area contributed by atoms with Crippen molar-refractivity contribution < 1.29 is 9.53 Å². The first-order valence-corrected chi connectivity index (χ1v) is 9.84.